The number of nitrogens with zero attached hydrogens (tertiary/aromatic N) is 4. The molecular formula is C21H21ClN6O3S. The highest BCUT2D eigenvalue weighted by Gasteiger charge is 2.16. The number of hydrogen-bond donors (Lipinski definition) is 2. The molecule has 0 saturated heterocycles. The van der Waals surface area contributed by atoms with Crippen LogP contribution < -0.4 is 15.2 Å². The number of imidazole rings is 1. The normalized spacial score (nSPS) is 11.7. The van der Waals surface area contributed by atoms with Crippen LogP contribution in [0.15, 0.2) is 47.4 Å². The molecule has 11 heteroatoms. The highest BCUT2D eigenvalue weighted by molar-refractivity contribution is 7.89. The Labute approximate surface area is 190 Å². The lowest BCUT2D eigenvalue weighted by Gasteiger charge is -2.12. The van der Waals surface area contributed by atoms with Crippen LogP contribution in [0.1, 0.15) is 17.1 Å². The number of aryl methyl sites for hydroxylation is 2. The van der Waals surface area contributed by atoms with E-state index < -0.39 is 10.0 Å². The second kappa shape index (κ2) is 8.38. The van der Waals surface area contributed by atoms with Gasteiger partial charge in [0.15, 0.2) is 11.6 Å². The first kappa shape index (κ1) is 22.0. The minimum absolute atomic E-state index is 0.0617. The molecule has 4 aromatic rings. The molecule has 0 bridgehead atoms. The van der Waals surface area contributed by atoms with Crippen LogP contribution in [0.3, 0.4) is 0 Å². The number of rotatable bonds is 6. The van der Waals surface area contributed by atoms with Crippen molar-refractivity contribution >= 4 is 33.0 Å². The summed E-state index contributed by atoms with van der Waals surface area (Å²) < 4.78 is 29.9. The number of aromatic nitrogens is 4. The fourth-order valence-electron chi connectivity index (χ4n) is 3.36. The highest BCUT2D eigenvalue weighted by Crippen LogP contribution is 2.30. The van der Waals surface area contributed by atoms with Crippen LogP contribution in [0.2, 0.25) is 5.02 Å². The first-order valence-electron chi connectivity index (χ1n) is 9.61. The summed E-state index contributed by atoms with van der Waals surface area (Å²) in [7, 11) is -2.18. The smallest absolute Gasteiger partial charge is 0.238 e. The Morgan fingerprint density at radius 2 is 1.84 bits per heavy atom. The zero-order valence-electron chi connectivity index (χ0n) is 17.6. The van der Waals surface area contributed by atoms with E-state index in [9.17, 15) is 8.42 Å². The zero-order chi connectivity index (χ0) is 23.0. The number of fused-ring (bicyclic) bond motifs is 1. The number of nitrogens with two attached hydrogens (primary N) is 1. The van der Waals surface area contributed by atoms with Crippen molar-refractivity contribution in [2.75, 3.05) is 12.4 Å². The molecule has 0 aliphatic carbocycles. The average Bonchev–Trinajstić information content (AvgIpc) is 3.05. The maximum absolute atomic E-state index is 11.5. The summed E-state index contributed by atoms with van der Waals surface area (Å²) in [6, 6.07) is 11.7. The van der Waals surface area contributed by atoms with Crippen molar-refractivity contribution in [2.24, 2.45) is 5.14 Å². The van der Waals surface area contributed by atoms with Crippen LogP contribution in [-0.4, -0.2) is 35.1 Å². The Kier molecular flexibility index (Phi) is 5.76. The summed E-state index contributed by atoms with van der Waals surface area (Å²) in [4.78, 5) is 9.30. The summed E-state index contributed by atoms with van der Waals surface area (Å²) in [5.41, 5.74) is 3.13. The molecule has 2 heterocycles. The topological polar surface area (TPSA) is 124 Å². The van der Waals surface area contributed by atoms with Crippen LogP contribution in [0.25, 0.3) is 16.9 Å². The van der Waals surface area contributed by atoms with Crippen LogP contribution in [-0.2, 0) is 16.6 Å². The Hall–Kier alpha value is -3.21. The third-order valence-corrected chi connectivity index (χ3v) is 6.17. The van der Waals surface area contributed by atoms with Crippen molar-refractivity contribution in [2.45, 2.75) is 25.3 Å². The molecule has 2 aromatic heterocycles. The van der Waals surface area contributed by atoms with Gasteiger partial charge in [0.25, 0.3) is 0 Å². The predicted molar refractivity (Wildman–Crippen MR) is 122 cm³/mol. The molecule has 0 aliphatic rings. The van der Waals surface area contributed by atoms with Crippen molar-refractivity contribution in [3.8, 4) is 17.1 Å². The van der Waals surface area contributed by atoms with E-state index in [1.165, 1.54) is 12.1 Å². The molecule has 0 atom stereocenters. The van der Waals surface area contributed by atoms with Crippen molar-refractivity contribution in [1.29, 1.82) is 0 Å². The van der Waals surface area contributed by atoms with Gasteiger partial charge in [-0.25, -0.2) is 28.0 Å². The van der Waals surface area contributed by atoms with E-state index in [0.717, 1.165) is 28.2 Å². The second-order valence-electron chi connectivity index (χ2n) is 7.18. The third kappa shape index (κ3) is 4.24. The monoisotopic (exact) mass is 472 g/mol. The van der Waals surface area contributed by atoms with Crippen molar-refractivity contribution in [3.05, 3.63) is 64.6 Å². The van der Waals surface area contributed by atoms with Crippen LogP contribution in [0.4, 0.5) is 5.82 Å². The van der Waals surface area contributed by atoms with Gasteiger partial charge in [0.05, 0.1) is 22.7 Å². The maximum atomic E-state index is 11.5. The second-order valence-corrected chi connectivity index (χ2v) is 9.15. The van der Waals surface area contributed by atoms with Crippen LogP contribution in [0, 0.1) is 13.8 Å². The molecule has 0 fully saturated rings. The number of ether oxygens (including phenoxy) is 1. The largest absolute Gasteiger partial charge is 0.495 e. The van der Waals surface area contributed by atoms with Gasteiger partial charge in [0.1, 0.15) is 17.1 Å². The number of primary sulfonamides is 1. The SMILES string of the molecule is COc1ccc(-c2nc(NCc3ccc(S(N)(=O)=O)cc3)c3c(C)nc(C)n3n2)cc1Cl. The Bertz CT molecular complexity index is 1420. The van der Waals surface area contributed by atoms with Gasteiger partial charge in [-0.1, -0.05) is 23.7 Å². The number of halogens is 1. The Morgan fingerprint density at radius 1 is 1.12 bits per heavy atom. The highest BCUT2D eigenvalue weighted by atomic mass is 35.5. The summed E-state index contributed by atoms with van der Waals surface area (Å²) in [5, 5.41) is 13.6. The standard InChI is InChI=1S/C21H21ClN6O3S/c1-12-19-21(24-11-14-4-7-16(8-5-14)32(23,29)30)26-20(27-28(19)13(2)25-12)15-6-9-18(31-3)17(22)10-15/h4-10H,11H2,1-3H3,(H2,23,29,30)(H,24,26,27). The first-order chi connectivity index (χ1) is 15.2. The van der Waals surface area contributed by atoms with E-state index >= 15 is 0 Å². The number of hydrogen-bond acceptors (Lipinski definition) is 7. The van der Waals surface area contributed by atoms with Crippen molar-refractivity contribution in [3.63, 3.8) is 0 Å². The van der Waals surface area contributed by atoms with E-state index in [0.29, 0.717) is 29.0 Å². The van der Waals surface area contributed by atoms with E-state index in [-0.39, 0.29) is 4.90 Å². The van der Waals surface area contributed by atoms with Gasteiger partial charge < -0.3 is 10.1 Å². The average molecular weight is 473 g/mol. The molecule has 9 nitrogen and oxygen atoms in total. The summed E-state index contributed by atoms with van der Waals surface area (Å²) in [5.74, 6) is 2.35. The molecule has 32 heavy (non-hydrogen) atoms. The van der Waals surface area contributed by atoms with Crippen LogP contribution >= 0.6 is 11.6 Å². The molecule has 4 rings (SSSR count). The zero-order valence-corrected chi connectivity index (χ0v) is 19.2. The van der Waals surface area contributed by atoms with Crippen molar-refractivity contribution < 1.29 is 13.2 Å². The molecule has 0 radical (unpaired) electrons. The van der Waals surface area contributed by atoms with E-state index in [4.69, 9.17) is 26.5 Å². The Balaban J connectivity index is 1.72. The van der Waals surface area contributed by atoms with Gasteiger partial charge in [-0.3, -0.25) is 0 Å². The minimum atomic E-state index is -3.74. The number of nitrogens with one attached hydrogen (secondary N) is 1. The molecule has 0 amide bonds. The fourth-order valence-corrected chi connectivity index (χ4v) is 4.13. The molecule has 0 aliphatic heterocycles. The first-order valence-corrected chi connectivity index (χ1v) is 11.5. The van der Waals surface area contributed by atoms with Gasteiger partial charge >= 0.3 is 0 Å². The summed E-state index contributed by atoms with van der Waals surface area (Å²) >= 11 is 6.29. The number of methoxy groups -OCH3 is 1. The number of benzene rings is 2. The van der Waals surface area contributed by atoms with E-state index in [2.05, 4.69) is 15.4 Å². The lowest BCUT2D eigenvalue weighted by molar-refractivity contribution is 0.415. The molecule has 166 valence electrons. The molecular weight excluding hydrogens is 452 g/mol. The Morgan fingerprint density at radius 3 is 2.47 bits per heavy atom. The van der Waals surface area contributed by atoms with Gasteiger partial charge in [-0.05, 0) is 49.7 Å². The minimum Gasteiger partial charge on any atom is -0.495 e. The van der Waals surface area contributed by atoms with Gasteiger partial charge in [0.2, 0.25) is 10.0 Å². The number of anilines is 1. The quantitative estimate of drug-likeness (QED) is 0.441. The maximum Gasteiger partial charge on any atom is 0.238 e. The molecule has 0 spiro atoms. The third-order valence-electron chi connectivity index (χ3n) is 4.95. The van der Waals surface area contributed by atoms with Gasteiger partial charge in [-0.2, -0.15) is 0 Å². The van der Waals surface area contributed by atoms with Crippen LogP contribution in [0.5, 0.6) is 5.75 Å². The summed E-state index contributed by atoms with van der Waals surface area (Å²) in [6.07, 6.45) is 0. The fraction of sp³-hybridized carbons (Fsp3) is 0.190. The van der Waals surface area contributed by atoms with E-state index in [1.54, 1.807) is 35.9 Å². The van der Waals surface area contributed by atoms with E-state index in [1.807, 2.05) is 19.9 Å². The van der Waals surface area contributed by atoms with Crippen molar-refractivity contribution in [1.82, 2.24) is 19.6 Å². The summed E-state index contributed by atoms with van der Waals surface area (Å²) in [6.45, 7) is 4.17. The molecule has 3 N–H and O–H groups in total. The molecule has 0 unspecified atom stereocenters. The lowest BCUT2D eigenvalue weighted by Crippen LogP contribution is -2.12. The molecule has 2 aromatic carbocycles. The molecule has 0 saturated carbocycles. The van der Waals surface area contributed by atoms with Gasteiger partial charge in [-0.15, -0.1) is 5.10 Å². The van der Waals surface area contributed by atoms with Gasteiger partial charge in [0, 0.05) is 12.1 Å². The predicted octanol–water partition coefficient (Wildman–Crippen LogP) is 3.33. The lowest BCUT2D eigenvalue weighted by atomic mass is 10.2. The number of sulfonamides is 1.